The van der Waals surface area contributed by atoms with E-state index in [1.165, 1.54) is 5.56 Å². The molecule has 2 aromatic carbocycles. The van der Waals surface area contributed by atoms with Crippen molar-refractivity contribution in [3.05, 3.63) is 65.7 Å². The van der Waals surface area contributed by atoms with E-state index in [0.717, 1.165) is 41.9 Å². The van der Waals surface area contributed by atoms with Crippen molar-refractivity contribution in [1.29, 1.82) is 0 Å². The normalized spacial score (nSPS) is 15.2. The van der Waals surface area contributed by atoms with Gasteiger partial charge in [-0.3, -0.25) is 9.69 Å². The number of anilines is 1. The summed E-state index contributed by atoms with van der Waals surface area (Å²) in [5, 5.41) is 1.04. The van der Waals surface area contributed by atoms with E-state index in [9.17, 15) is 4.79 Å². The molecule has 0 atom stereocenters. The molecule has 2 N–H and O–H groups in total. The maximum Gasteiger partial charge on any atom is 0.237 e. The molecule has 0 aliphatic carbocycles. The predicted octanol–water partition coefficient (Wildman–Crippen LogP) is 2.67. The van der Waals surface area contributed by atoms with Crippen LogP contribution in [-0.4, -0.2) is 47.4 Å². The Morgan fingerprint density at radius 1 is 1.00 bits per heavy atom. The number of amides is 1. The van der Waals surface area contributed by atoms with Gasteiger partial charge in [0.05, 0.1) is 19.2 Å². The largest absolute Gasteiger partial charge is 0.497 e. The fraction of sp³-hybridized carbons (Fsp3) is 0.273. The molecule has 28 heavy (non-hydrogen) atoms. The number of ether oxygens (including phenoxy) is 1. The first kappa shape index (κ1) is 18.3. The van der Waals surface area contributed by atoms with E-state index < -0.39 is 0 Å². The quantitative estimate of drug-likeness (QED) is 0.741. The van der Waals surface area contributed by atoms with Crippen LogP contribution in [0.3, 0.4) is 0 Å². The summed E-state index contributed by atoms with van der Waals surface area (Å²) in [5.74, 6) is 1.52. The average molecular weight is 376 g/mol. The number of aromatic nitrogens is 1. The third-order valence-electron chi connectivity index (χ3n) is 5.11. The van der Waals surface area contributed by atoms with Crippen molar-refractivity contribution >= 4 is 22.6 Å². The summed E-state index contributed by atoms with van der Waals surface area (Å²) in [5.41, 5.74) is 8.90. The lowest BCUT2D eigenvalue weighted by Gasteiger charge is -2.34. The molecule has 0 unspecified atom stereocenters. The van der Waals surface area contributed by atoms with Gasteiger partial charge in [0, 0.05) is 31.6 Å². The number of hydrogen-bond donors (Lipinski definition) is 1. The van der Waals surface area contributed by atoms with Crippen LogP contribution in [-0.2, 0) is 17.9 Å². The van der Waals surface area contributed by atoms with Crippen molar-refractivity contribution < 1.29 is 9.53 Å². The molecule has 1 aliphatic rings. The predicted molar refractivity (Wildman–Crippen MR) is 110 cm³/mol. The Balaban J connectivity index is 1.37. The molecule has 1 aromatic heterocycles. The molecule has 2 heterocycles. The Kier molecular flexibility index (Phi) is 5.12. The van der Waals surface area contributed by atoms with Gasteiger partial charge in [-0.05, 0) is 47.5 Å². The number of rotatable bonds is 5. The second-order valence-corrected chi connectivity index (χ2v) is 7.14. The van der Waals surface area contributed by atoms with Crippen LogP contribution in [0.15, 0.2) is 54.6 Å². The lowest BCUT2D eigenvalue weighted by atomic mass is 10.1. The molecule has 0 spiro atoms. The standard InChI is InChI=1S/C22H24N4O2/c1-28-19-6-2-16(3-7-19)13-25-10-11-26(22(27)15-25)14-17-4-8-20-18(12-17)5-9-21(23)24-20/h2-9,12H,10-11,13-15H2,1H3,(H2,23,24). The van der Waals surface area contributed by atoms with Crippen LogP contribution >= 0.6 is 0 Å². The minimum atomic E-state index is 0.162. The van der Waals surface area contributed by atoms with E-state index in [1.807, 2.05) is 47.4 Å². The highest BCUT2D eigenvalue weighted by atomic mass is 16.5. The van der Waals surface area contributed by atoms with Gasteiger partial charge in [0.2, 0.25) is 5.91 Å². The summed E-state index contributed by atoms with van der Waals surface area (Å²) < 4.78 is 5.19. The smallest absolute Gasteiger partial charge is 0.237 e. The summed E-state index contributed by atoms with van der Waals surface area (Å²) in [6.45, 7) is 3.43. The fourth-order valence-electron chi connectivity index (χ4n) is 3.56. The Hall–Kier alpha value is -3.12. The Labute approximate surface area is 164 Å². The highest BCUT2D eigenvalue weighted by Gasteiger charge is 2.24. The number of nitrogens with two attached hydrogens (primary N) is 1. The van der Waals surface area contributed by atoms with E-state index in [2.05, 4.69) is 16.0 Å². The molecule has 0 saturated carbocycles. The highest BCUT2D eigenvalue weighted by molar-refractivity contribution is 5.81. The van der Waals surface area contributed by atoms with Crippen LogP contribution in [0.2, 0.25) is 0 Å². The number of carbonyl (C=O) groups is 1. The van der Waals surface area contributed by atoms with E-state index in [-0.39, 0.29) is 5.91 Å². The molecule has 1 saturated heterocycles. The number of pyridine rings is 1. The summed E-state index contributed by atoms with van der Waals surface area (Å²) in [7, 11) is 1.66. The van der Waals surface area contributed by atoms with Gasteiger partial charge in [-0.15, -0.1) is 0 Å². The summed E-state index contributed by atoms with van der Waals surface area (Å²) in [6.07, 6.45) is 0. The first-order valence-electron chi connectivity index (χ1n) is 9.39. The van der Waals surface area contributed by atoms with Crippen LogP contribution in [0.25, 0.3) is 10.9 Å². The Morgan fingerprint density at radius 3 is 2.54 bits per heavy atom. The number of piperazine rings is 1. The maximum atomic E-state index is 12.6. The zero-order valence-corrected chi connectivity index (χ0v) is 16.0. The molecule has 1 aliphatic heterocycles. The molecule has 0 radical (unpaired) electrons. The molecule has 4 rings (SSSR count). The zero-order chi connectivity index (χ0) is 19.5. The Morgan fingerprint density at radius 2 is 1.79 bits per heavy atom. The van der Waals surface area contributed by atoms with Crippen LogP contribution in [0.1, 0.15) is 11.1 Å². The zero-order valence-electron chi connectivity index (χ0n) is 16.0. The van der Waals surface area contributed by atoms with Crippen LogP contribution < -0.4 is 10.5 Å². The van der Waals surface area contributed by atoms with Crippen molar-refractivity contribution in [3.8, 4) is 5.75 Å². The van der Waals surface area contributed by atoms with Crippen molar-refractivity contribution in [2.45, 2.75) is 13.1 Å². The molecular formula is C22H24N4O2. The van der Waals surface area contributed by atoms with Gasteiger partial charge in [0.1, 0.15) is 11.6 Å². The van der Waals surface area contributed by atoms with Crippen molar-refractivity contribution in [2.75, 3.05) is 32.5 Å². The molecule has 1 amide bonds. The van der Waals surface area contributed by atoms with Crippen LogP contribution in [0, 0.1) is 0 Å². The van der Waals surface area contributed by atoms with Gasteiger partial charge < -0.3 is 15.4 Å². The number of nitrogens with zero attached hydrogens (tertiary/aromatic N) is 3. The molecule has 144 valence electrons. The number of carbonyl (C=O) groups excluding carboxylic acids is 1. The van der Waals surface area contributed by atoms with E-state index in [1.54, 1.807) is 13.2 Å². The third-order valence-corrected chi connectivity index (χ3v) is 5.11. The van der Waals surface area contributed by atoms with Gasteiger partial charge in [-0.2, -0.15) is 0 Å². The topological polar surface area (TPSA) is 71.7 Å². The minimum Gasteiger partial charge on any atom is -0.497 e. The number of benzene rings is 2. The van der Waals surface area contributed by atoms with Gasteiger partial charge in [-0.25, -0.2) is 4.98 Å². The van der Waals surface area contributed by atoms with Gasteiger partial charge in [-0.1, -0.05) is 18.2 Å². The van der Waals surface area contributed by atoms with E-state index in [0.29, 0.717) is 18.9 Å². The van der Waals surface area contributed by atoms with E-state index >= 15 is 0 Å². The molecule has 1 fully saturated rings. The van der Waals surface area contributed by atoms with Crippen LogP contribution in [0.5, 0.6) is 5.75 Å². The monoisotopic (exact) mass is 376 g/mol. The van der Waals surface area contributed by atoms with Gasteiger partial charge in [0.15, 0.2) is 0 Å². The Bertz CT molecular complexity index is 987. The number of hydrogen-bond acceptors (Lipinski definition) is 5. The van der Waals surface area contributed by atoms with Gasteiger partial charge >= 0.3 is 0 Å². The number of fused-ring (bicyclic) bond motifs is 1. The minimum absolute atomic E-state index is 0.162. The number of methoxy groups -OCH3 is 1. The lowest BCUT2D eigenvalue weighted by molar-refractivity contribution is -0.136. The molecule has 6 nitrogen and oxygen atoms in total. The summed E-state index contributed by atoms with van der Waals surface area (Å²) in [4.78, 5) is 21.1. The SMILES string of the molecule is COc1ccc(CN2CCN(Cc3ccc4nc(N)ccc4c3)C(=O)C2)cc1. The van der Waals surface area contributed by atoms with Crippen LogP contribution in [0.4, 0.5) is 5.82 Å². The molecule has 0 bridgehead atoms. The summed E-state index contributed by atoms with van der Waals surface area (Å²) in [6, 6.07) is 17.8. The first-order chi connectivity index (χ1) is 13.6. The highest BCUT2D eigenvalue weighted by Crippen LogP contribution is 2.19. The average Bonchev–Trinajstić information content (AvgIpc) is 2.71. The second kappa shape index (κ2) is 7.86. The van der Waals surface area contributed by atoms with Gasteiger partial charge in [0.25, 0.3) is 0 Å². The van der Waals surface area contributed by atoms with E-state index in [4.69, 9.17) is 10.5 Å². The molecule has 3 aromatic rings. The second-order valence-electron chi connectivity index (χ2n) is 7.14. The summed E-state index contributed by atoms with van der Waals surface area (Å²) >= 11 is 0. The van der Waals surface area contributed by atoms with Crippen molar-refractivity contribution in [1.82, 2.24) is 14.8 Å². The lowest BCUT2D eigenvalue weighted by Crippen LogP contribution is -2.49. The molecule has 6 heteroatoms. The van der Waals surface area contributed by atoms with Crippen molar-refractivity contribution in [2.24, 2.45) is 0 Å². The fourth-order valence-corrected chi connectivity index (χ4v) is 3.56. The number of nitrogen functional groups attached to an aromatic ring is 1. The van der Waals surface area contributed by atoms with Crippen molar-refractivity contribution in [3.63, 3.8) is 0 Å². The molecular weight excluding hydrogens is 352 g/mol. The third kappa shape index (κ3) is 4.07. The first-order valence-corrected chi connectivity index (χ1v) is 9.39. The maximum absolute atomic E-state index is 12.6.